The first-order valence-corrected chi connectivity index (χ1v) is 9.48. The van der Waals surface area contributed by atoms with Gasteiger partial charge in [0.15, 0.2) is 5.92 Å². The standard InChI is InChI=1S/C21H25NO4S/c1-4-25-20(23)17(21(24)26-5-2)12-14-22-13-6-7-18(22)19(27)16-10-8-15(3)9-11-16/h6-11,13,17H,4-5,12,14H2,1-3H3. The second-order valence-corrected chi connectivity index (χ2v) is 6.54. The topological polar surface area (TPSA) is 57.5 Å². The third-order valence-electron chi connectivity index (χ3n) is 4.18. The smallest absolute Gasteiger partial charge is 0.320 e. The molecular weight excluding hydrogens is 362 g/mol. The fourth-order valence-electron chi connectivity index (χ4n) is 2.75. The normalized spacial score (nSPS) is 10.7. The summed E-state index contributed by atoms with van der Waals surface area (Å²) in [7, 11) is 0. The van der Waals surface area contributed by atoms with Crippen molar-refractivity contribution in [2.45, 2.75) is 33.7 Å². The highest BCUT2D eigenvalue weighted by atomic mass is 32.1. The number of aromatic nitrogens is 1. The highest BCUT2D eigenvalue weighted by Crippen LogP contribution is 2.17. The second-order valence-electron chi connectivity index (χ2n) is 6.13. The predicted octanol–water partition coefficient (Wildman–Crippen LogP) is 3.70. The first kappa shape index (κ1) is 20.8. The molecule has 0 aliphatic rings. The van der Waals surface area contributed by atoms with Crippen LogP contribution in [0.2, 0.25) is 0 Å². The van der Waals surface area contributed by atoms with Gasteiger partial charge in [-0.3, -0.25) is 9.59 Å². The lowest BCUT2D eigenvalue weighted by atomic mass is 10.1. The summed E-state index contributed by atoms with van der Waals surface area (Å²) in [5.41, 5.74) is 3.01. The number of esters is 2. The molecule has 0 spiro atoms. The van der Waals surface area contributed by atoms with E-state index in [9.17, 15) is 9.59 Å². The molecule has 1 aromatic carbocycles. The molecule has 0 unspecified atom stereocenters. The van der Waals surface area contributed by atoms with E-state index in [1.54, 1.807) is 13.8 Å². The van der Waals surface area contributed by atoms with E-state index in [0.717, 1.165) is 16.1 Å². The van der Waals surface area contributed by atoms with Crippen molar-refractivity contribution in [3.63, 3.8) is 0 Å². The minimum Gasteiger partial charge on any atom is -0.465 e. The van der Waals surface area contributed by atoms with Crippen LogP contribution in [0.15, 0.2) is 42.6 Å². The maximum atomic E-state index is 12.1. The molecule has 0 aliphatic carbocycles. The molecule has 27 heavy (non-hydrogen) atoms. The van der Waals surface area contributed by atoms with Crippen molar-refractivity contribution >= 4 is 29.0 Å². The van der Waals surface area contributed by atoms with Crippen LogP contribution in [0.3, 0.4) is 0 Å². The maximum Gasteiger partial charge on any atom is 0.320 e. The molecule has 0 atom stereocenters. The van der Waals surface area contributed by atoms with Crippen LogP contribution in [0.5, 0.6) is 0 Å². The Bertz CT molecular complexity index is 777. The van der Waals surface area contributed by atoms with Gasteiger partial charge in [0.25, 0.3) is 0 Å². The highest BCUT2D eigenvalue weighted by Gasteiger charge is 2.29. The Hall–Kier alpha value is -2.47. The summed E-state index contributed by atoms with van der Waals surface area (Å²) in [5, 5.41) is 0. The van der Waals surface area contributed by atoms with E-state index in [4.69, 9.17) is 21.7 Å². The van der Waals surface area contributed by atoms with Gasteiger partial charge in [0, 0.05) is 12.7 Å². The number of carbonyl (C=O) groups is 2. The summed E-state index contributed by atoms with van der Waals surface area (Å²) in [4.78, 5) is 25.0. The van der Waals surface area contributed by atoms with E-state index in [0.29, 0.717) is 6.54 Å². The third kappa shape index (κ3) is 5.50. The Kier molecular flexibility index (Phi) is 7.73. The molecule has 0 radical (unpaired) electrons. The van der Waals surface area contributed by atoms with Crippen molar-refractivity contribution in [2.24, 2.45) is 5.92 Å². The Balaban J connectivity index is 2.14. The Morgan fingerprint density at radius 1 is 1.04 bits per heavy atom. The van der Waals surface area contributed by atoms with Crippen LogP contribution in [0.1, 0.15) is 37.1 Å². The Morgan fingerprint density at radius 2 is 1.63 bits per heavy atom. The van der Waals surface area contributed by atoms with Crippen molar-refractivity contribution in [3.05, 3.63) is 59.4 Å². The van der Waals surface area contributed by atoms with Gasteiger partial charge in [-0.25, -0.2) is 0 Å². The molecule has 0 fully saturated rings. The third-order valence-corrected chi connectivity index (χ3v) is 4.62. The summed E-state index contributed by atoms with van der Waals surface area (Å²) in [6.07, 6.45) is 2.18. The minimum absolute atomic E-state index is 0.223. The molecular formula is C21H25NO4S. The molecule has 144 valence electrons. The summed E-state index contributed by atoms with van der Waals surface area (Å²) >= 11 is 5.63. The van der Waals surface area contributed by atoms with Crippen LogP contribution in [-0.2, 0) is 25.6 Å². The molecule has 0 bridgehead atoms. The van der Waals surface area contributed by atoms with Crippen LogP contribution < -0.4 is 0 Å². The Labute approximate surface area is 165 Å². The molecule has 0 N–H and O–H groups in total. The van der Waals surface area contributed by atoms with Crippen molar-refractivity contribution in [1.82, 2.24) is 4.57 Å². The van der Waals surface area contributed by atoms with Crippen LogP contribution in [0.25, 0.3) is 0 Å². The minimum atomic E-state index is -0.937. The number of aryl methyl sites for hydroxylation is 2. The number of hydrogen-bond acceptors (Lipinski definition) is 5. The van der Waals surface area contributed by atoms with E-state index in [1.807, 2.05) is 54.1 Å². The van der Waals surface area contributed by atoms with Gasteiger partial charge in [0.1, 0.15) is 0 Å². The summed E-state index contributed by atoms with van der Waals surface area (Å²) < 4.78 is 12.0. The van der Waals surface area contributed by atoms with Crippen molar-refractivity contribution < 1.29 is 19.1 Å². The largest absolute Gasteiger partial charge is 0.465 e. The molecule has 5 nitrogen and oxygen atoms in total. The number of thiocarbonyl (C=S) groups is 1. The van der Waals surface area contributed by atoms with Gasteiger partial charge in [0.05, 0.1) is 23.8 Å². The summed E-state index contributed by atoms with van der Waals surface area (Å²) in [6, 6.07) is 11.9. The van der Waals surface area contributed by atoms with Crippen molar-refractivity contribution in [3.8, 4) is 0 Å². The quantitative estimate of drug-likeness (QED) is 0.284. The van der Waals surface area contributed by atoms with Crippen LogP contribution in [0, 0.1) is 12.8 Å². The molecule has 2 aromatic rings. The van der Waals surface area contributed by atoms with E-state index >= 15 is 0 Å². The molecule has 0 aliphatic heterocycles. The van der Waals surface area contributed by atoms with Gasteiger partial charge in [-0.2, -0.15) is 0 Å². The lowest BCUT2D eigenvalue weighted by molar-refractivity contribution is -0.162. The van der Waals surface area contributed by atoms with Gasteiger partial charge in [0.2, 0.25) is 0 Å². The fraction of sp³-hybridized carbons (Fsp3) is 0.381. The molecule has 0 saturated heterocycles. The number of ether oxygens (including phenoxy) is 2. The van der Waals surface area contributed by atoms with Crippen molar-refractivity contribution in [2.75, 3.05) is 13.2 Å². The molecule has 1 aromatic heterocycles. The van der Waals surface area contributed by atoms with E-state index in [2.05, 4.69) is 0 Å². The van der Waals surface area contributed by atoms with Gasteiger partial charge in [-0.15, -0.1) is 0 Å². The maximum absolute atomic E-state index is 12.1. The van der Waals surface area contributed by atoms with Gasteiger partial charge in [-0.1, -0.05) is 42.0 Å². The summed E-state index contributed by atoms with van der Waals surface area (Å²) in [6.45, 7) is 6.35. The monoisotopic (exact) mass is 387 g/mol. The number of nitrogens with zero attached hydrogens (tertiary/aromatic N) is 1. The molecule has 0 amide bonds. The van der Waals surface area contributed by atoms with Crippen LogP contribution in [-0.4, -0.2) is 34.6 Å². The lowest BCUT2D eigenvalue weighted by Crippen LogP contribution is -2.29. The predicted molar refractivity (Wildman–Crippen MR) is 108 cm³/mol. The Morgan fingerprint density at radius 3 is 2.19 bits per heavy atom. The second kappa shape index (κ2) is 10.0. The average Bonchev–Trinajstić information content (AvgIpc) is 3.11. The molecule has 0 saturated carbocycles. The highest BCUT2D eigenvalue weighted by molar-refractivity contribution is 7.81. The fourth-order valence-corrected chi connectivity index (χ4v) is 3.08. The first-order chi connectivity index (χ1) is 13.0. The zero-order chi connectivity index (χ0) is 19.8. The van der Waals surface area contributed by atoms with Crippen LogP contribution >= 0.6 is 12.2 Å². The zero-order valence-electron chi connectivity index (χ0n) is 15.9. The van der Waals surface area contributed by atoms with Gasteiger partial charge < -0.3 is 14.0 Å². The molecule has 6 heteroatoms. The zero-order valence-corrected chi connectivity index (χ0v) is 16.8. The number of rotatable bonds is 9. The number of hydrogen-bond donors (Lipinski definition) is 0. The number of carbonyl (C=O) groups excluding carboxylic acids is 2. The van der Waals surface area contributed by atoms with Crippen molar-refractivity contribution in [1.29, 1.82) is 0 Å². The van der Waals surface area contributed by atoms with E-state index < -0.39 is 17.9 Å². The van der Waals surface area contributed by atoms with E-state index in [1.165, 1.54) is 5.56 Å². The first-order valence-electron chi connectivity index (χ1n) is 9.07. The van der Waals surface area contributed by atoms with Crippen LogP contribution in [0.4, 0.5) is 0 Å². The SMILES string of the molecule is CCOC(=O)C(CCn1cccc1C(=S)c1ccc(C)cc1)C(=O)OCC. The summed E-state index contributed by atoms with van der Waals surface area (Å²) in [5.74, 6) is -2.04. The molecule has 2 rings (SSSR count). The average molecular weight is 388 g/mol. The van der Waals surface area contributed by atoms with E-state index in [-0.39, 0.29) is 19.6 Å². The lowest BCUT2D eigenvalue weighted by Gasteiger charge is -2.16. The van der Waals surface area contributed by atoms with Gasteiger partial charge in [-0.05, 0) is 44.9 Å². The van der Waals surface area contributed by atoms with Gasteiger partial charge >= 0.3 is 11.9 Å². The number of benzene rings is 1. The molecule has 1 heterocycles.